The molecular formula is C24H27N3O3S. The molecule has 2 aromatic carbocycles. The number of nitrogens with zero attached hydrogens (tertiary/aromatic N) is 2. The fourth-order valence-electron chi connectivity index (χ4n) is 3.86. The maximum atomic E-state index is 12.2. The van der Waals surface area contributed by atoms with Gasteiger partial charge in [-0.15, -0.1) is 0 Å². The molecule has 3 aromatic rings. The summed E-state index contributed by atoms with van der Waals surface area (Å²) in [5, 5.41) is 10.6. The Labute approximate surface area is 183 Å². The summed E-state index contributed by atoms with van der Waals surface area (Å²) in [6.45, 7) is 6.88. The molecule has 6 nitrogen and oxygen atoms in total. The van der Waals surface area contributed by atoms with E-state index in [1.165, 1.54) is 0 Å². The lowest BCUT2D eigenvalue weighted by Crippen LogP contribution is -2.17. The third kappa shape index (κ3) is 4.13. The number of aromatic nitrogens is 1. The van der Waals surface area contributed by atoms with E-state index in [1.807, 2.05) is 30.3 Å². The third-order valence-corrected chi connectivity index (χ3v) is 7.33. The average molecular weight is 438 g/mol. The first-order valence-electron chi connectivity index (χ1n) is 10.7. The van der Waals surface area contributed by atoms with Crippen molar-refractivity contribution in [1.29, 1.82) is 5.26 Å². The smallest absolute Gasteiger partial charge is 0.235 e. The molecule has 1 aromatic heterocycles. The van der Waals surface area contributed by atoms with Crippen LogP contribution in [0.2, 0.25) is 0 Å². The molecule has 0 atom stereocenters. The van der Waals surface area contributed by atoms with Gasteiger partial charge in [-0.3, -0.25) is 4.72 Å². The minimum atomic E-state index is -3.31. The van der Waals surface area contributed by atoms with Gasteiger partial charge in [0.15, 0.2) is 0 Å². The van der Waals surface area contributed by atoms with Gasteiger partial charge in [0.05, 0.1) is 28.6 Å². The normalized spacial score (nSPS) is 14.0. The lowest BCUT2D eigenvalue weighted by molar-refractivity contribution is 0.317. The number of fused-ring (bicyclic) bond motifs is 1. The molecule has 1 saturated carbocycles. The number of benzene rings is 2. The Morgan fingerprint density at radius 1 is 1.19 bits per heavy atom. The average Bonchev–Trinajstić information content (AvgIpc) is 3.55. The van der Waals surface area contributed by atoms with Crippen LogP contribution in [0.15, 0.2) is 42.5 Å². The Bertz CT molecular complexity index is 1250. The van der Waals surface area contributed by atoms with Crippen molar-refractivity contribution >= 4 is 26.6 Å². The Hall–Kier alpha value is -2.98. The molecule has 1 N–H and O–H groups in total. The SMILES string of the molecule is CCCOc1ccc2c(C#N)c(-c3ccc(NS(=O)(=O)C4CC4)cc3)n(C(C)C)c2c1. The first-order valence-corrected chi connectivity index (χ1v) is 12.2. The van der Waals surface area contributed by atoms with Gasteiger partial charge in [-0.1, -0.05) is 19.1 Å². The molecule has 0 amide bonds. The van der Waals surface area contributed by atoms with Crippen LogP contribution in [0.25, 0.3) is 22.2 Å². The van der Waals surface area contributed by atoms with Crippen LogP contribution in [-0.2, 0) is 10.0 Å². The number of sulfonamides is 1. The molecule has 0 saturated heterocycles. The van der Waals surface area contributed by atoms with Crippen molar-refractivity contribution in [3.63, 3.8) is 0 Å². The molecule has 1 fully saturated rings. The van der Waals surface area contributed by atoms with Gasteiger partial charge >= 0.3 is 0 Å². The highest BCUT2D eigenvalue weighted by molar-refractivity contribution is 7.93. The summed E-state index contributed by atoms with van der Waals surface area (Å²) in [6, 6.07) is 15.6. The Kier molecular flexibility index (Phi) is 5.67. The van der Waals surface area contributed by atoms with E-state index < -0.39 is 10.0 Å². The van der Waals surface area contributed by atoms with Crippen LogP contribution in [0.3, 0.4) is 0 Å². The van der Waals surface area contributed by atoms with E-state index in [0.717, 1.165) is 47.2 Å². The first kappa shape index (κ1) is 21.3. The Morgan fingerprint density at radius 2 is 1.90 bits per heavy atom. The summed E-state index contributed by atoms with van der Waals surface area (Å²) in [5.74, 6) is 0.787. The van der Waals surface area contributed by atoms with Crippen LogP contribution in [0, 0.1) is 11.3 Å². The van der Waals surface area contributed by atoms with Crippen molar-refractivity contribution in [2.24, 2.45) is 0 Å². The second kappa shape index (κ2) is 8.27. The monoisotopic (exact) mass is 437 g/mol. The van der Waals surface area contributed by atoms with Gasteiger partial charge in [0.1, 0.15) is 11.8 Å². The molecule has 0 unspecified atom stereocenters. The van der Waals surface area contributed by atoms with E-state index in [1.54, 1.807) is 12.1 Å². The van der Waals surface area contributed by atoms with Gasteiger partial charge in [0.25, 0.3) is 0 Å². The Balaban J connectivity index is 1.78. The predicted molar refractivity (Wildman–Crippen MR) is 124 cm³/mol. The van der Waals surface area contributed by atoms with Crippen LogP contribution in [0.5, 0.6) is 5.75 Å². The number of anilines is 1. The van der Waals surface area contributed by atoms with Gasteiger partial charge in [-0.25, -0.2) is 8.42 Å². The lowest BCUT2D eigenvalue weighted by Gasteiger charge is -2.16. The zero-order valence-electron chi connectivity index (χ0n) is 18.1. The van der Waals surface area contributed by atoms with Gasteiger partial charge < -0.3 is 9.30 Å². The number of ether oxygens (including phenoxy) is 1. The van der Waals surface area contributed by atoms with E-state index in [4.69, 9.17) is 4.74 Å². The predicted octanol–water partition coefficient (Wildman–Crippen LogP) is 5.45. The highest BCUT2D eigenvalue weighted by Gasteiger charge is 2.35. The molecule has 31 heavy (non-hydrogen) atoms. The van der Waals surface area contributed by atoms with Crippen molar-refractivity contribution in [3.8, 4) is 23.1 Å². The second-order valence-corrected chi connectivity index (χ2v) is 10.2. The minimum absolute atomic E-state index is 0.120. The van der Waals surface area contributed by atoms with Crippen LogP contribution in [0.1, 0.15) is 51.6 Å². The molecule has 1 heterocycles. The van der Waals surface area contributed by atoms with Crippen molar-refractivity contribution in [2.45, 2.75) is 51.3 Å². The number of hydrogen-bond acceptors (Lipinski definition) is 4. The van der Waals surface area contributed by atoms with E-state index in [9.17, 15) is 13.7 Å². The highest BCUT2D eigenvalue weighted by atomic mass is 32.2. The van der Waals surface area contributed by atoms with Gasteiger partial charge in [0, 0.05) is 23.2 Å². The number of hydrogen-bond donors (Lipinski definition) is 1. The molecule has 0 bridgehead atoms. The van der Waals surface area contributed by atoms with Crippen LogP contribution in [-0.4, -0.2) is 24.8 Å². The standard InChI is InChI=1S/C24H27N3O3S/c1-4-13-30-19-9-12-21-22(15-25)24(27(16(2)3)23(21)14-19)17-5-7-18(8-6-17)26-31(28,29)20-10-11-20/h5-9,12,14,16,20,26H,4,10-11,13H2,1-3H3. The van der Waals surface area contributed by atoms with Gasteiger partial charge in [-0.05, 0) is 62.9 Å². The van der Waals surface area contributed by atoms with Crippen molar-refractivity contribution in [3.05, 3.63) is 48.0 Å². The summed E-state index contributed by atoms with van der Waals surface area (Å²) in [5.41, 5.74) is 3.80. The molecule has 4 rings (SSSR count). The minimum Gasteiger partial charge on any atom is -0.494 e. The van der Waals surface area contributed by atoms with E-state index in [2.05, 4.69) is 36.1 Å². The molecule has 1 aliphatic carbocycles. The summed E-state index contributed by atoms with van der Waals surface area (Å²) in [7, 11) is -3.31. The van der Waals surface area contributed by atoms with Crippen molar-refractivity contribution in [2.75, 3.05) is 11.3 Å². The summed E-state index contributed by atoms with van der Waals surface area (Å²) in [6.07, 6.45) is 2.36. The molecule has 0 radical (unpaired) electrons. The number of rotatable bonds is 8. The quantitative estimate of drug-likeness (QED) is 0.508. The lowest BCUT2D eigenvalue weighted by atomic mass is 10.1. The van der Waals surface area contributed by atoms with Crippen molar-refractivity contribution < 1.29 is 13.2 Å². The molecule has 0 spiro atoms. The maximum absolute atomic E-state index is 12.2. The summed E-state index contributed by atoms with van der Waals surface area (Å²) >= 11 is 0. The molecular weight excluding hydrogens is 410 g/mol. The summed E-state index contributed by atoms with van der Waals surface area (Å²) < 4.78 is 35.1. The number of nitrogens with one attached hydrogen (secondary N) is 1. The maximum Gasteiger partial charge on any atom is 0.235 e. The van der Waals surface area contributed by atoms with Crippen LogP contribution < -0.4 is 9.46 Å². The topological polar surface area (TPSA) is 84.1 Å². The molecule has 1 aliphatic rings. The second-order valence-electron chi connectivity index (χ2n) is 8.25. The van der Waals surface area contributed by atoms with Gasteiger partial charge in [0.2, 0.25) is 10.0 Å². The van der Waals surface area contributed by atoms with Gasteiger partial charge in [-0.2, -0.15) is 5.26 Å². The molecule has 0 aliphatic heterocycles. The van der Waals surface area contributed by atoms with Crippen LogP contribution >= 0.6 is 0 Å². The first-order chi connectivity index (χ1) is 14.9. The van der Waals surface area contributed by atoms with E-state index >= 15 is 0 Å². The van der Waals surface area contributed by atoms with Crippen LogP contribution in [0.4, 0.5) is 5.69 Å². The zero-order chi connectivity index (χ0) is 22.2. The summed E-state index contributed by atoms with van der Waals surface area (Å²) in [4.78, 5) is 0. The van der Waals surface area contributed by atoms with E-state index in [0.29, 0.717) is 17.9 Å². The third-order valence-electron chi connectivity index (χ3n) is 5.46. The highest BCUT2D eigenvalue weighted by Crippen LogP contribution is 2.38. The van der Waals surface area contributed by atoms with Crippen molar-refractivity contribution in [1.82, 2.24) is 4.57 Å². The fourth-order valence-corrected chi connectivity index (χ4v) is 5.24. The molecule has 7 heteroatoms. The number of nitriles is 1. The Morgan fingerprint density at radius 3 is 2.48 bits per heavy atom. The zero-order valence-corrected chi connectivity index (χ0v) is 18.9. The van der Waals surface area contributed by atoms with E-state index in [-0.39, 0.29) is 11.3 Å². The molecule has 162 valence electrons. The fraction of sp³-hybridized carbons (Fsp3) is 0.375. The largest absolute Gasteiger partial charge is 0.494 e.